The smallest absolute Gasteiger partial charge is 0.397 e. The highest BCUT2D eigenvalue weighted by atomic mass is 35.5. The maximum absolute atomic E-state index is 12.8. The molecule has 0 spiro atoms. The number of aromatic nitrogens is 4. The van der Waals surface area contributed by atoms with Crippen molar-refractivity contribution in [2.45, 2.75) is 4.90 Å². The molecule has 0 saturated heterocycles. The van der Waals surface area contributed by atoms with E-state index in [1.165, 1.54) is 10.9 Å². The quantitative estimate of drug-likeness (QED) is 0.339. The minimum absolute atomic E-state index is 0.00905. The van der Waals surface area contributed by atoms with Crippen LogP contribution >= 0.6 is 23.2 Å². The van der Waals surface area contributed by atoms with Crippen LogP contribution in [0, 0.1) is 0 Å². The zero-order valence-electron chi connectivity index (χ0n) is 16.0. The van der Waals surface area contributed by atoms with Crippen LogP contribution in [0.2, 0.25) is 10.0 Å². The second kappa shape index (κ2) is 8.67. The van der Waals surface area contributed by atoms with E-state index in [9.17, 15) is 17.8 Å². The van der Waals surface area contributed by atoms with Crippen molar-refractivity contribution in [1.82, 2.24) is 15.0 Å². The van der Waals surface area contributed by atoms with E-state index in [1.807, 2.05) is 0 Å². The lowest BCUT2D eigenvalue weighted by molar-refractivity contribution is -0.734. The normalized spacial score (nSPS) is 11.3. The lowest BCUT2D eigenvalue weighted by Gasteiger charge is -2.09. The fourth-order valence-electron chi connectivity index (χ4n) is 2.81. The molecular formula is C20H13Cl2N5O4S. The first-order valence-electron chi connectivity index (χ1n) is 9.01. The Morgan fingerprint density at radius 2 is 1.66 bits per heavy atom. The lowest BCUT2D eigenvalue weighted by atomic mass is 10.3. The van der Waals surface area contributed by atoms with Gasteiger partial charge in [0.05, 0.1) is 20.0 Å². The van der Waals surface area contributed by atoms with Crippen molar-refractivity contribution in [3.05, 3.63) is 88.7 Å². The number of carbonyl (C=O) groups is 1. The molecule has 0 radical (unpaired) electrons. The lowest BCUT2D eigenvalue weighted by Crippen LogP contribution is -2.43. The second-order valence-electron chi connectivity index (χ2n) is 6.44. The van der Waals surface area contributed by atoms with Crippen LogP contribution in [-0.2, 0) is 10.1 Å². The molecule has 0 fully saturated rings. The van der Waals surface area contributed by atoms with E-state index in [1.54, 1.807) is 54.6 Å². The zero-order valence-corrected chi connectivity index (χ0v) is 18.3. The van der Waals surface area contributed by atoms with Gasteiger partial charge < -0.3 is 9.87 Å². The summed E-state index contributed by atoms with van der Waals surface area (Å²) >= 11 is 12.6. The Morgan fingerprint density at radius 3 is 2.34 bits per heavy atom. The third-order valence-corrected chi connectivity index (χ3v) is 5.75. The average molecular weight is 490 g/mol. The van der Waals surface area contributed by atoms with Crippen molar-refractivity contribution in [1.29, 1.82) is 0 Å². The van der Waals surface area contributed by atoms with Gasteiger partial charge in [0.1, 0.15) is 10.1 Å². The molecule has 4 aromatic rings. The van der Waals surface area contributed by atoms with Crippen LogP contribution in [0.3, 0.4) is 0 Å². The summed E-state index contributed by atoms with van der Waals surface area (Å²) in [5.41, 5.74) is 0.872. The maximum Gasteiger partial charge on any atom is 0.397 e. The molecule has 0 unspecified atom stereocenters. The number of anilines is 1. The number of rotatable bonds is 5. The molecule has 0 aliphatic rings. The van der Waals surface area contributed by atoms with Crippen molar-refractivity contribution in [2.75, 3.05) is 5.32 Å². The van der Waals surface area contributed by atoms with Gasteiger partial charge in [0.2, 0.25) is 0 Å². The molecule has 0 atom stereocenters. The molecule has 162 valence electrons. The minimum Gasteiger partial charge on any atom is -0.744 e. The summed E-state index contributed by atoms with van der Waals surface area (Å²) < 4.78 is 34.6. The Labute approximate surface area is 192 Å². The monoisotopic (exact) mass is 489 g/mol. The van der Waals surface area contributed by atoms with Gasteiger partial charge in [-0.3, -0.25) is 4.79 Å². The predicted molar refractivity (Wildman–Crippen MR) is 115 cm³/mol. The summed E-state index contributed by atoms with van der Waals surface area (Å²) in [6, 6.07) is 18.7. The summed E-state index contributed by atoms with van der Waals surface area (Å²) in [6.07, 6.45) is 0. The fraction of sp³-hybridized carbons (Fsp3) is 0. The van der Waals surface area contributed by atoms with Crippen molar-refractivity contribution in [2.24, 2.45) is 0 Å². The molecule has 0 aliphatic heterocycles. The van der Waals surface area contributed by atoms with Gasteiger partial charge in [0, 0.05) is 15.6 Å². The number of carbonyl (C=O) groups excluding carboxylic acids is 1. The standard InChI is InChI=1S/C20H13Cl2N5O4S/c21-15-8-4-5-9-17(15)26-24-19(20(28)23-13-6-2-1-3-7-13)25-27(26)18-12-14(32(29,30)31)10-11-16(18)22/h1-12H,(H-,23,28,29,30,31). The van der Waals surface area contributed by atoms with E-state index in [0.717, 1.165) is 16.9 Å². The van der Waals surface area contributed by atoms with Crippen molar-refractivity contribution >= 4 is 44.9 Å². The SMILES string of the molecule is O=C(Nc1ccccc1)c1nn(-c2cc(S(=O)(=O)[O-])ccc2Cl)[n+](-c2ccccc2Cl)n1. The second-order valence-corrected chi connectivity index (χ2v) is 8.64. The number of halogens is 2. The van der Waals surface area contributed by atoms with Crippen molar-refractivity contribution < 1.29 is 22.6 Å². The highest BCUT2D eigenvalue weighted by molar-refractivity contribution is 7.85. The Morgan fingerprint density at radius 1 is 0.969 bits per heavy atom. The molecule has 0 saturated carbocycles. The number of para-hydroxylation sites is 2. The highest BCUT2D eigenvalue weighted by Crippen LogP contribution is 2.24. The summed E-state index contributed by atoms with van der Waals surface area (Å²) in [4.78, 5) is 14.5. The largest absolute Gasteiger partial charge is 0.744 e. The molecule has 4 rings (SSSR count). The van der Waals surface area contributed by atoms with Gasteiger partial charge in [-0.1, -0.05) is 53.5 Å². The molecule has 12 heteroatoms. The van der Waals surface area contributed by atoms with E-state index in [0.29, 0.717) is 11.4 Å². The van der Waals surface area contributed by atoms with Crippen LogP contribution < -0.4 is 10.1 Å². The van der Waals surface area contributed by atoms with Gasteiger partial charge in [0.25, 0.3) is 0 Å². The Balaban J connectivity index is 1.88. The first-order chi connectivity index (χ1) is 15.2. The topological polar surface area (TPSA) is 121 Å². The van der Waals surface area contributed by atoms with Crippen LogP contribution in [0.25, 0.3) is 11.4 Å². The van der Waals surface area contributed by atoms with Crippen molar-refractivity contribution in [3.63, 3.8) is 0 Å². The first kappa shape index (κ1) is 21.9. The number of amides is 1. The fourth-order valence-corrected chi connectivity index (χ4v) is 3.71. The van der Waals surface area contributed by atoms with Crippen LogP contribution in [0.5, 0.6) is 0 Å². The molecule has 0 bridgehead atoms. The summed E-state index contributed by atoms with van der Waals surface area (Å²) in [7, 11) is -4.77. The summed E-state index contributed by atoms with van der Waals surface area (Å²) in [6.45, 7) is 0. The number of nitrogens with zero attached hydrogens (tertiary/aromatic N) is 4. The molecular weight excluding hydrogens is 477 g/mol. The Hall–Kier alpha value is -3.31. The van der Waals surface area contributed by atoms with Gasteiger partial charge in [0.15, 0.2) is 11.4 Å². The van der Waals surface area contributed by atoms with Gasteiger partial charge >= 0.3 is 11.7 Å². The van der Waals surface area contributed by atoms with Crippen LogP contribution in [0.15, 0.2) is 77.7 Å². The molecule has 0 aliphatic carbocycles. The van der Waals surface area contributed by atoms with E-state index in [-0.39, 0.29) is 21.6 Å². The molecule has 3 aromatic carbocycles. The van der Waals surface area contributed by atoms with E-state index >= 15 is 0 Å². The van der Waals surface area contributed by atoms with Gasteiger partial charge in [-0.05, 0) is 47.3 Å². The molecule has 1 N–H and O–H groups in total. The highest BCUT2D eigenvalue weighted by Gasteiger charge is 2.30. The Kier molecular flexibility index (Phi) is 5.94. The molecule has 1 heterocycles. The predicted octanol–water partition coefficient (Wildman–Crippen LogP) is 3.01. The van der Waals surface area contributed by atoms with Crippen LogP contribution in [-0.4, -0.2) is 33.9 Å². The van der Waals surface area contributed by atoms with Crippen molar-refractivity contribution in [3.8, 4) is 11.4 Å². The van der Waals surface area contributed by atoms with Crippen LogP contribution in [0.1, 0.15) is 10.6 Å². The number of nitrogens with one attached hydrogen (secondary N) is 1. The van der Waals surface area contributed by atoms with Crippen LogP contribution in [0.4, 0.5) is 5.69 Å². The van der Waals surface area contributed by atoms with Gasteiger partial charge in [-0.25, -0.2) is 8.42 Å². The number of benzene rings is 3. The number of hydrogen-bond donors (Lipinski definition) is 1. The van der Waals surface area contributed by atoms with E-state index in [4.69, 9.17) is 23.2 Å². The van der Waals surface area contributed by atoms with Gasteiger partial charge in [-0.2, -0.15) is 0 Å². The molecule has 1 amide bonds. The van der Waals surface area contributed by atoms with Gasteiger partial charge in [-0.15, -0.1) is 0 Å². The number of hydrogen-bond acceptors (Lipinski definition) is 6. The third-order valence-electron chi connectivity index (χ3n) is 4.28. The average Bonchev–Trinajstić information content (AvgIpc) is 3.19. The summed E-state index contributed by atoms with van der Waals surface area (Å²) in [5, 5.41) is 11.4. The summed E-state index contributed by atoms with van der Waals surface area (Å²) in [5.74, 6) is -0.875. The minimum atomic E-state index is -4.77. The molecule has 9 nitrogen and oxygen atoms in total. The third kappa shape index (κ3) is 4.48. The Bertz CT molecular complexity index is 1430. The molecule has 1 aromatic heterocycles. The van der Waals surface area contributed by atoms with E-state index in [2.05, 4.69) is 15.5 Å². The molecule has 32 heavy (non-hydrogen) atoms. The maximum atomic E-state index is 12.8. The zero-order chi connectivity index (χ0) is 22.9. The first-order valence-corrected chi connectivity index (χ1v) is 11.2. The number of tetrazole rings is 1. The van der Waals surface area contributed by atoms with E-state index < -0.39 is 20.9 Å².